The van der Waals surface area contributed by atoms with E-state index in [9.17, 15) is 0 Å². The molecule has 0 aromatic rings. The molecule has 12 heavy (non-hydrogen) atoms. The Labute approximate surface area is 71.5 Å². The van der Waals surface area contributed by atoms with Crippen molar-refractivity contribution in [3.63, 3.8) is 0 Å². The van der Waals surface area contributed by atoms with E-state index in [-0.39, 0.29) is 0 Å². The third-order valence-corrected chi connectivity index (χ3v) is 1.82. The number of ether oxygens (including phenoxy) is 2. The molecular weight excluding hydrogens is 152 g/mol. The zero-order chi connectivity index (χ0) is 8.39. The zero-order valence-corrected chi connectivity index (χ0v) is 6.91. The fourth-order valence-corrected chi connectivity index (χ4v) is 1.13. The van der Waals surface area contributed by atoms with Crippen LogP contribution in [-0.2, 0) is 9.47 Å². The summed E-state index contributed by atoms with van der Waals surface area (Å²) in [5, 5.41) is 0. The van der Waals surface area contributed by atoms with Crippen LogP contribution in [0.2, 0.25) is 0 Å². The summed E-state index contributed by atoms with van der Waals surface area (Å²) in [6.07, 6.45) is 10.1. The molecule has 0 N–H and O–H groups in total. The summed E-state index contributed by atoms with van der Waals surface area (Å²) < 4.78 is 10.5. The standard InChI is InChI=1S/C10H10O2/c1-2-9-4-3-8-5-6-11-7-10(8)12-9/h3-7H,2H2,1H3. The van der Waals surface area contributed by atoms with Gasteiger partial charge in [-0.1, -0.05) is 6.92 Å². The maximum atomic E-state index is 5.52. The summed E-state index contributed by atoms with van der Waals surface area (Å²) in [5.41, 5.74) is 1.07. The second kappa shape index (κ2) is 2.89. The predicted octanol–water partition coefficient (Wildman–Crippen LogP) is 2.62. The molecule has 2 heteroatoms. The van der Waals surface area contributed by atoms with Crippen LogP contribution in [0.25, 0.3) is 0 Å². The van der Waals surface area contributed by atoms with Gasteiger partial charge in [0.05, 0.1) is 6.26 Å². The van der Waals surface area contributed by atoms with Crippen molar-refractivity contribution in [1.29, 1.82) is 0 Å². The first-order valence-electron chi connectivity index (χ1n) is 4.01. The first-order valence-corrected chi connectivity index (χ1v) is 4.01. The molecule has 0 atom stereocenters. The van der Waals surface area contributed by atoms with Gasteiger partial charge in [-0.3, -0.25) is 0 Å². The highest BCUT2D eigenvalue weighted by atomic mass is 16.5. The number of allylic oxidation sites excluding steroid dienone is 4. The van der Waals surface area contributed by atoms with Crippen molar-refractivity contribution in [3.8, 4) is 0 Å². The summed E-state index contributed by atoms with van der Waals surface area (Å²) in [7, 11) is 0. The number of fused-ring (bicyclic) bond motifs is 1. The van der Waals surface area contributed by atoms with Crippen molar-refractivity contribution in [2.24, 2.45) is 0 Å². The third-order valence-electron chi connectivity index (χ3n) is 1.82. The first kappa shape index (κ1) is 7.22. The molecule has 0 aromatic carbocycles. The van der Waals surface area contributed by atoms with Crippen LogP contribution in [0.15, 0.2) is 47.8 Å². The van der Waals surface area contributed by atoms with Gasteiger partial charge in [0.15, 0.2) is 5.76 Å². The van der Waals surface area contributed by atoms with E-state index in [4.69, 9.17) is 9.47 Å². The minimum absolute atomic E-state index is 0.803. The van der Waals surface area contributed by atoms with E-state index in [0.29, 0.717) is 0 Å². The molecule has 2 aliphatic rings. The lowest BCUT2D eigenvalue weighted by atomic mass is 10.1. The van der Waals surface area contributed by atoms with Crippen LogP contribution < -0.4 is 0 Å². The average molecular weight is 162 g/mol. The molecule has 0 bridgehead atoms. The normalized spacial score (nSPS) is 19.6. The number of hydrogen-bond donors (Lipinski definition) is 0. The molecule has 0 radical (unpaired) electrons. The van der Waals surface area contributed by atoms with Crippen LogP contribution in [0.3, 0.4) is 0 Å². The van der Waals surface area contributed by atoms with Gasteiger partial charge < -0.3 is 9.47 Å². The molecule has 0 saturated carbocycles. The highest BCUT2D eigenvalue weighted by Crippen LogP contribution is 2.26. The minimum atomic E-state index is 0.803. The summed E-state index contributed by atoms with van der Waals surface area (Å²) >= 11 is 0. The SMILES string of the molecule is CCC1=CC=C2C=COC=C2O1. The minimum Gasteiger partial charge on any atom is -0.469 e. The Bertz CT molecular complexity index is 306. The van der Waals surface area contributed by atoms with Gasteiger partial charge >= 0.3 is 0 Å². The van der Waals surface area contributed by atoms with E-state index in [1.165, 1.54) is 0 Å². The van der Waals surface area contributed by atoms with Gasteiger partial charge in [0, 0.05) is 12.0 Å². The van der Waals surface area contributed by atoms with Gasteiger partial charge in [-0.2, -0.15) is 0 Å². The zero-order valence-electron chi connectivity index (χ0n) is 6.91. The summed E-state index contributed by atoms with van der Waals surface area (Å²) in [6, 6.07) is 0. The third kappa shape index (κ3) is 1.16. The van der Waals surface area contributed by atoms with Crippen LogP contribution in [-0.4, -0.2) is 0 Å². The van der Waals surface area contributed by atoms with E-state index < -0.39 is 0 Å². The van der Waals surface area contributed by atoms with Gasteiger partial charge in [0.25, 0.3) is 0 Å². The lowest BCUT2D eigenvalue weighted by Crippen LogP contribution is -2.02. The molecule has 0 saturated heterocycles. The quantitative estimate of drug-likeness (QED) is 0.590. The Morgan fingerprint density at radius 3 is 3.08 bits per heavy atom. The van der Waals surface area contributed by atoms with Gasteiger partial charge in [0.1, 0.15) is 12.0 Å². The van der Waals surface area contributed by atoms with Gasteiger partial charge in [0.2, 0.25) is 0 Å². The van der Waals surface area contributed by atoms with Crippen LogP contribution >= 0.6 is 0 Å². The molecule has 0 aliphatic carbocycles. The van der Waals surface area contributed by atoms with Crippen molar-refractivity contribution < 1.29 is 9.47 Å². The van der Waals surface area contributed by atoms with E-state index >= 15 is 0 Å². The average Bonchev–Trinajstić information content (AvgIpc) is 2.17. The second-order valence-electron chi connectivity index (χ2n) is 2.63. The molecule has 62 valence electrons. The van der Waals surface area contributed by atoms with Crippen molar-refractivity contribution >= 4 is 0 Å². The Morgan fingerprint density at radius 1 is 1.33 bits per heavy atom. The maximum Gasteiger partial charge on any atom is 0.169 e. The highest BCUT2D eigenvalue weighted by Gasteiger charge is 2.13. The molecule has 0 amide bonds. The number of rotatable bonds is 1. The fourth-order valence-electron chi connectivity index (χ4n) is 1.13. The summed E-state index contributed by atoms with van der Waals surface area (Å²) in [5.74, 6) is 1.78. The van der Waals surface area contributed by atoms with Crippen LogP contribution in [0, 0.1) is 0 Å². The molecule has 0 unspecified atom stereocenters. The molecule has 2 heterocycles. The molecule has 0 aromatic heterocycles. The molecule has 2 rings (SSSR count). The predicted molar refractivity (Wildman–Crippen MR) is 45.9 cm³/mol. The van der Waals surface area contributed by atoms with Crippen LogP contribution in [0.4, 0.5) is 0 Å². The van der Waals surface area contributed by atoms with E-state index in [2.05, 4.69) is 6.92 Å². The van der Waals surface area contributed by atoms with E-state index in [1.54, 1.807) is 12.5 Å². The lowest BCUT2D eigenvalue weighted by molar-refractivity contribution is 0.267. The largest absolute Gasteiger partial charge is 0.469 e. The van der Waals surface area contributed by atoms with Gasteiger partial charge in [-0.25, -0.2) is 0 Å². The Morgan fingerprint density at radius 2 is 2.25 bits per heavy atom. The van der Waals surface area contributed by atoms with Crippen molar-refractivity contribution in [1.82, 2.24) is 0 Å². The molecule has 2 aliphatic heterocycles. The fraction of sp³-hybridized carbons (Fsp3) is 0.200. The van der Waals surface area contributed by atoms with Crippen LogP contribution in [0.5, 0.6) is 0 Å². The maximum absolute atomic E-state index is 5.52. The van der Waals surface area contributed by atoms with Crippen molar-refractivity contribution in [3.05, 3.63) is 47.8 Å². The Kier molecular flexibility index (Phi) is 1.74. The molecule has 0 fully saturated rings. The van der Waals surface area contributed by atoms with Crippen molar-refractivity contribution in [2.45, 2.75) is 13.3 Å². The van der Waals surface area contributed by atoms with E-state index in [1.807, 2.05) is 18.2 Å². The molecule has 0 spiro atoms. The van der Waals surface area contributed by atoms with Gasteiger partial charge in [-0.05, 0) is 18.2 Å². The summed E-state index contributed by atoms with van der Waals surface area (Å²) in [4.78, 5) is 0. The first-order chi connectivity index (χ1) is 5.90. The van der Waals surface area contributed by atoms with Crippen LogP contribution in [0.1, 0.15) is 13.3 Å². The highest BCUT2D eigenvalue weighted by molar-refractivity contribution is 5.42. The van der Waals surface area contributed by atoms with Gasteiger partial charge in [-0.15, -0.1) is 0 Å². The lowest BCUT2D eigenvalue weighted by Gasteiger charge is -2.18. The summed E-state index contributed by atoms with van der Waals surface area (Å²) in [6.45, 7) is 2.06. The molecular formula is C10H10O2. The monoisotopic (exact) mass is 162 g/mol. The molecule has 2 nitrogen and oxygen atoms in total. The topological polar surface area (TPSA) is 18.5 Å². The Balaban J connectivity index is 2.30. The van der Waals surface area contributed by atoms with Crippen molar-refractivity contribution in [2.75, 3.05) is 0 Å². The number of hydrogen-bond acceptors (Lipinski definition) is 2. The smallest absolute Gasteiger partial charge is 0.169 e. The van der Waals surface area contributed by atoms with E-state index in [0.717, 1.165) is 23.5 Å². The Hall–Kier alpha value is -1.44. The second-order valence-corrected chi connectivity index (χ2v) is 2.63.